The van der Waals surface area contributed by atoms with Gasteiger partial charge in [-0.2, -0.15) is 0 Å². The largest absolute Gasteiger partial charge is 0.379 e. The Balaban J connectivity index is 1.49. The SMILES string of the molecule is CN=C(NCC(C)N1CCOCC1C)NC1CCCN(c2ccc(C)cc2)C1. The summed E-state index contributed by atoms with van der Waals surface area (Å²) in [5.41, 5.74) is 2.62. The lowest BCUT2D eigenvalue weighted by Gasteiger charge is -2.38. The molecule has 3 rings (SSSR count). The van der Waals surface area contributed by atoms with Crippen LogP contribution in [0, 0.1) is 6.92 Å². The topological polar surface area (TPSA) is 52.1 Å². The summed E-state index contributed by atoms with van der Waals surface area (Å²) >= 11 is 0. The molecule has 3 unspecified atom stereocenters. The van der Waals surface area contributed by atoms with Crippen LogP contribution in [0.2, 0.25) is 0 Å². The van der Waals surface area contributed by atoms with Gasteiger partial charge in [0.1, 0.15) is 0 Å². The first-order chi connectivity index (χ1) is 13.6. The lowest BCUT2D eigenvalue weighted by molar-refractivity contribution is -0.0174. The van der Waals surface area contributed by atoms with Gasteiger partial charge in [0.05, 0.1) is 13.2 Å². The standard InChI is InChI=1S/C22H37N5O/c1-17-7-9-21(10-8-17)26-11-5-6-20(15-26)25-22(23-4)24-14-18(2)27-12-13-28-16-19(27)3/h7-10,18-20H,5-6,11-16H2,1-4H3,(H2,23,24,25). The summed E-state index contributed by atoms with van der Waals surface area (Å²) in [6.45, 7) is 12.3. The van der Waals surface area contributed by atoms with E-state index < -0.39 is 0 Å². The van der Waals surface area contributed by atoms with Gasteiger partial charge in [-0.3, -0.25) is 9.89 Å². The van der Waals surface area contributed by atoms with Gasteiger partial charge in [-0.1, -0.05) is 17.7 Å². The Bertz CT molecular complexity index is 632. The maximum absolute atomic E-state index is 5.56. The van der Waals surface area contributed by atoms with Crippen molar-refractivity contribution in [2.75, 3.05) is 51.3 Å². The normalized spacial score (nSPS) is 25.4. The third-order valence-corrected chi connectivity index (χ3v) is 5.94. The molecule has 0 saturated carbocycles. The summed E-state index contributed by atoms with van der Waals surface area (Å²) in [6, 6.07) is 10.2. The molecule has 156 valence electrons. The van der Waals surface area contributed by atoms with E-state index in [-0.39, 0.29) is 0 Å². The van der Waals surface area contributed by atoms with Crippen molar-refractivity contribution in [3.8, 4) is 0 Å². The highest BCUT2D eigenvalue weighted by Crippen LogP contribution is 2.20. The summed E-state index contributed by atoms with van der Waals surface area (Å²) in [6.07, 6.45) is 2.38. The second kappa shape index (κ2) is 10.1. The van der Waals surface area contributed by atoms with E-state index >= 15 is 0 Å². The molecule has 2 saturated heterocycles. The second-order valence-corrected chi connectivity index (χ2v) is 8.23. The van der Waals surface area contributed by atoms with Crippen LogP contribution in [0.15, 0.2) is 29.3 Å². The Morgan fingerprint density at radius 1 is 1.29 bits per heavy atom. The highest BCUT2D eigenvalue weighted by atomic mass is 16.5. The third-order valence-electron chi connectivity index (χ3n) is 5.94. The lowest BCUT2D eigenvalue weighted by atomic mass is 10.0. The predicted octanol–water partition coefficient (Wildman–Crippen LogP) is 2.24. The first kappa shape index (κ1) is 20.9. The summed E-state index contributed by atoms with van der Waals surface area (Å²) in [7, 11) is 1.86. The van der Waals surface area contributed by atoms with Crippen LogP contribution in [0.25, 0.3) is 0 Å². The summed E-state index contributed by atoms with van der Waals surface area (Å²) < 4.78 is 5.56. The molecule has 2 aliphatic rings. The summed E-state index contributed by atoms with van der Waals surface area (Å²) in [4.78, 5) is 9.46. The summed E-state index contributed by atoms with van der Waals surface area (Å²) in [5, 5.41) is 7.17. The van der Waals surface area contributed by atoms with Gasteiger partial charge in [-0.15, -0.1) is 0 Å². The van der Waals surface area contributed by atoms with Gasteiger partial charge in [0.15, 0.2) is 5.96 Å². The third kappa shape index (κ3) is 5.61. The molecular weight excluding hydrogens is 350 g/mol. The van der Waals surface area contributed by atoms with Gasteiger partial charge in [0.2, 0.25) is 0 Å². The number of hydrogen-bond acceptors (Lipinski definition) is 4. The highest BCUT2D eigenvalue weighted by Gasteiger charge is 2.24. The molecular formula is C22H37N5O. The van der Waals surface area contributed by atoms with Crippen LogP contribution < -0.4 is 15.5 Å². The van der Waals surface area contributed by atoms with E-state index in [1.807, 2.05) is 7.05 Å². The Hall–Kier alpha value is -1.79. The van der Waals surface area contributed by atoms with Crippen LogP contribution in [0.4, 0.5) is 5.69 Å². The number of guanidine groups is 1. The Kier molecular flexibility index (Phi) is 7.57. The lowest BCUT2D eigenvalue weighted by Crippen LogP contribution is -2.55. The van der Waals surface area contributed by atoms with Gasteiger partial charge in [0, 0.05) is 57.0 Å². The van der Waals surface area contributed by atoms with Gasteiger partial charge in [0.25, 0.3) is 0 Å². The molecule has 0 amide bonds. The molecule has 2 fully saturated rings. The van der Waals surface area contributed by atoms with Gasteiger partial charge >= 0.3 is 0 Å². The number of hydrogen-bond donors (Lipinski definition) is 2. The number of ether oxygens (including phenoxy) is 1. The fraction of sp³-hybridized carbons (Fsp3) is 0.682. The van der Waals surface area contributed by atoms with E-state index in [2.05, 4.69) is 70.5 Å². The molecule has 6 nitrogen and oxygen atoms in total. The molecule has 28 heavy (non-hydrogen) atoms. The number of benzene rings is 1. The number of aliphatic imine (C=N–C) groups is 1. The molecule has 0 bridgehead atoms. The Labute approximate surface area is 170 Å². The van der Waals surface area contributed by atoms with Crippen LogP contribution in [0.5, 0.6) is 0 Å². The molecule has 2 aliphatic heterocycles. The van der Waals surface area contributed by atoms with Crippen LogP contribution >= 0.6 is 0 Å². The van der Waals surface area contributed by atoms with Gasteiger partial charge < -0.3 is 20.3 Å². The molecule has 1 aromatic carbocycles. The number of nitrogens with zero attached hydrogens (tertiary/aromatic N) is 3. The molecule has 0 aromatic heterocycles. The second-order valence-electron chi connectivity index (χ2n) is 8.23. The van der Waals surface area contributed by atoms with E-state index in [9.17, 15) is 0 Å². The average molecular weight is 388 g/mol. The Morgan fingerprint density at radius 2 is 2.07 bits per heavy atom. The quantitative estimate of drug-likeness (QED) is 0.599. The van der Waals surface area contributed by atoms with Crippen molar-refractivity contribution in [3.05, 3.63) is 29.8 Å². The molecule has 0 spiro atoms. The zero-order valence-electron chi connectivity index (χ0n) is 17.9. The fourth-order valence-corrected chi connectivity index (χ4v) is 4.23. The smallest absolute Gasteiger partial charge is 0.191 e. The zero-order valence-corrected chi connectivity index (χ0v) is 17.9. The number of piperidine rings is 1. The fourth-order valence-electron chi connectivity index (χ4n) is 4.23. The molecule has 0 radical (unpaired) electrons. The van der Waals surface area contributed by atoms with Crippen LogP contribution in [-0.2, 0) is 4.74 Å². The molecule has 2 heterocycles. The van der Waals surface area contributed by atoms with Crippen LogP contribution in [0.1, 0.15) is 32.3 Å². The zero-order chi connectivity index (χ0) is 19.9. The number of morpholine rings is 1. The molecule has 6 heteroatoms. The van der Waals surface area contributed by atoms with Crippen molar-refractivity contribution in [1.82, 2.24) is 15.5 Å². The van der Waals surface area contributed by atoms with E-state index in [1.54, 1.807) is 0 Å². The minimum atomic E-state index is 0.416. The predicted molar refractivity (Wildman–Crippen MR) is 117 cm³/mol. The Morgan fingerprint density at radius 3 is 2.79 bits per heavy atom. The maximum Gasteiger partial charge on any atom is 0.191 e. The van der Waals surface area contributed by atoms with E-state index in [0.29, 0.717) is 18.1 Å². The van der Waals surface area contributed by atoms with Gasteiger partial charge in [-0.05, 0) is 45.7 Å². The van der Waals surface area contributed by atoms with Crippen LogP contribution in [0.3, 0.4) is 0 Å². The van der Waals surface area contributed by atoms with E-state index in [4.69, 9.17) is 4.74 Å². The molecule has 1 aromatic rings. The number of rotatable bonds is 5. The van der Waals surface area contributed by atoms with Crippen molar-refractivity contribution in [1.29, 1.82) is 0 Å². The average Bonchev–Trinajstić information content (AvgIpc) is 2.72. The van der Waals surface area contributed by atoms with Crippen molar-refractivity contribution in [3.63, 3.8) is 0 Å². The summed E-state index contributed by atoms with van der Waals surface area (Å²) in [5.74, 6) is 0.906. The highest BCUT2D eigenvalue weighted by molar-refractivity contribution is 5.80. The molecule has 2 N–H and O–H groups in total. The van der Waals surface area contributed by atoms with Crippen molar-refractivity contribution >= 4 is 11.6 Å². The molecule has 3 atom stereocenters. The van der Waals surface area contributed by atoms with Crippen molar-refractivity contribution < 1.29 is 4.74 Å². The van der Waals surface area contributed by atoms with E-state index in [0.717, 1.165) is 45.4 Å². The van der Waals surface area contributed by atoms with E-state index in [1.165, 1.54) is 24.1 Å². The number of aryl methyl sites for hydroxylation is 1. The minimum Gasteiger partial charge on any atom is -0.379 e. The first-order valence-electron chi connectivity index (χ1n) is 10.7. The number of anilines is 1. The minimum absolute atomic E-state index is 0.416. The molecule has 0 aliphatic carbocycles. The first-order valence-corrected chi connectivity index (χ1v) is 10.7. The van der Waals surface area contributed by atoms with Crippen molar-refractivity contribution in [2.24, 2.45) is 4.99 Å². The number of nitrogens with one attached hydrogen (secondary N) is 2. The van der Waals surface area contributed by atoms with Crippen molar-refractivity contribution in [2.45, 2.75) is 51.7 Å². The van der Waals surface area contributed by atoms with Crippen LogP contribution in [-0.4, -0.2) is 75.4 Å². The van der Waals surface area contributed by atoms with Gasteiger partial charge in [-0.25, -0.2) is 0 Å². The maximum atomic E-state index is 5.56. The monoisotopic (exact) mass is 387 g/mol.